The molecule has 14 heteroatoms. The Morgan fingerprint density at radius 2 is 2.30 bits per heavy atom. The fourth-order valence-electron chi connectivity index (χ4n) is 1.90. The zero-order valence-corrected chi connectivity index (χ0v) is 12.1. The summed E-state index contributed by atoms with van der Waals surface area (Å²) in [4.78, 5) is 46.5. The van der Waals surface area contributed by atoms with Gasteiger partial charge in [0, 0.05) is 11.1 Å². The van der Waals surface area contributed by atoms with Gasteiger partial charge in [-0.15, -0.1) is 0 Å². The largest absolute Gasteiger partial charge is 0.428 e. The lowest BCUT2D eigenvalue weighted by atomic mass is 10.2. The Kier molecular flexibility index (Phi) is 5.11. The van der Waals surface area contributed by atoms with Gasteiger partial charge in [-0.3, -0.25) is 4.57 Å². The van der Waals surface area contributed by atoms with Crippen molar-refractivity contribution in [1.29, 1.82) is 0 Å². The minimum atomic E-state index is -3.05. The third kappa shape index (κ3) is 3.56. The van der Waals surface area contributed by atoms with Crippen LogP contribution in [0, 0.1) is 0 Å². The number of anilines is 1. The van der Waals surface area contributed by atoms with Gasteiger partial charge < -0.3 is 30.1 Å². The Morgan fingerprint density at radius 3 is 2.87 bits per heavy atom. The number of aromatic nitrogens is 2. The number of aliphatic hydroxyl groups is 1. The molecule has 0 aliphatic carbocycles. The Hall–Kier alpha value is -2.27. The van der Waals surface area contributed by atoms with E-state index in [0.29, 0.717) is 0 Å². The van der Waals surface area contributed by atoms with Gasteiger partial charge in [-0.05, 0) is 11.6 Å². The van der Waals surface area contributed by atoms with Crippen molar-refractivity contribution in [1.82, 2.24) is 9.55 Å². The summed E-state index contributed by atoms with van der Waals surface area (Å²) in [5, 5.41) is 13.4. The van der Waals surface area contributed by atoms with E-state index in [0.717, 1.165) is 4.57 Å². The number of rotatable bonds is 4. The maximum atomic E-state index is 11.8. The molecule has 23 heavy (non-hydrogen) atoms. The van der Waals surface area contributed by atoms with Gasteiger partial charge in [0.1, 0.15) is 18.0 Å². The lowest BCUT2D eigenvalue weighted by Crippen LogP contribution is -2.35. The highest BCUT2D eigenvalue weighted by atomic mass is 31.2. The van der Waals surface area contributed by atoms with Crippen LogP contribution in [0.25, 0.3) is 10.4 Å². The highest BCUT2D eigenvalue weighted by Crippen LogP contribution is 2.35. The van der Waals surface area contributed by atoms with Crippen molar-refractivity contribution in [3.8, 4) is 0 Å². The van der Waals surface area contributed by atoms with Gasteiger partial charge in [-0.25, -0.2) is 9.59 Å². The molecule has 2 rings (SSSR count). The van der Waals surface area contributed by atoms with Crippen molar-refractivity contribution < 1.29 is 29.2 Å². The average Bonchev–Trinajstić information content (AvgIpc) is 2.77. The van der Waals surface area contributed by atoms with Crippen LogP contribution in [0.1, 0.15) is 6.23 Å². The second-order valence-electron chi connectivity index (χ2n) is 4.30. The van der Waals surface area contributed by atoms with Gasteiger partial charge in [-0.2, -0.15) is 4.98 Å². The van der Waals surface area contributed by atoms with E-state index < -0.39 is 44.4 Å². The molecule has 2 heterocycles. The molecule has 1 aliphatic heterocycles. The van der Waals surface area contributed by atoms with E-state index >= 15 is 0 Å². The maximum absolute atomic E-state index is 11.8. The van der Waals surface area contributed by atoms with Crippen molar-refractivity contribution >= 4 is 19.9 Å². The SMILES string of the molecule is [N-]=[N+]=NC1[C@@H](OC(=O)P(O)O)O[C@@H](n2ccc(N)nc2=O)[C@@H]1O. The van der Waals surface area contributed by atoms with E-state index in [1.165, 1.54) is 12.3 Å². The number of nitrogen functional groups attached to an aromatic ring is 1. The molecule has 0 bridgehead atoms. The molecule has 4 atom stereocenters. The Labute approximate surface area is 128 Å². The lowest BCUT2D eigenvalue weighted by molar-refractivity contribution is -0.123. The summed E-state index contributed by atoms with van der Waals surface area (Å²) in [6.45, 7) is 0. The molecule has 1 aromatic heterocycles. The number of aliphatic hydroxyl groups excluding tert-OH is 1. The van der Waals surface area contributed by atoms with E-state index in [1.54, 1.807) is 0 Å². The van der Waals surface area contributed by atoms with Crippen LogP contribution in [0.15, 0.2) is 22.2 Å². The van der Waals surface area contributed by atoms with Gasteiger partial charge >= 0.3 is 11.4 Å². The van der Waals surface area contributed by atoms with Crippen LogP contribution in [0.3, 0.4) is 0 Å². The number of ether oxygens (including phenoxy) is 2. The lowest BCUT2D eigenvalue weighted by Gasteiger charge is -2.16. The van der Waals surface area contributed by atoms with Crippen LogP contribution in [-0.4, -0.2) is 48.6 Å². The summed E-state index contributed by atoms with van der Waals surface area (Å²) >= 11 is 0. The first-order chi connectivity index (χ1) is 10.8. The molecule has 1 aromatic rings. The predicted octanol–water partition coefficient (Wildman–Crippen LogP) is -0.847. The van der Waals surface area contributed by atoms with Crippen molar-refractivity contribution in [2.24, 2.45) is 5.11 Å². The molecule has 0 aromatic carbocycles. The molecule has 0 amide bonds. The molecule has 0 spiro atoms. The smallest absolute Gasteiger partial charge is 0.385 e. The summed E-state index contributed by atoms with van der Waals surface area (Å²) in [5.41, 5.74) is 11.6. The van der Waals surface area contributed by atoms with Gasteiger partial charge in [0.05, 0.1) is 0 Å². The monoisotopic (exact) mass is 346 g/mol. The first kappa shape index (κ1) is 17.1. The topological polar surface area (TPSA) is 206 Å². The third-order valence-corrected chi connectivity index (χ3v) is 3.32. The number of nitrogens with two attached hydrogens (primary N) is 1. The van der Waals surface area contributed by atoms with Crippen molar-refractivity contribution in [2.75, 3.05) is 5.73 Å². The minimum Gasteiger partial charge on any atom is -0.428 e. The number of nitrogens with zero attached hydrogens (tertiary/aromatic N) is 5. The molecule has 0 saturated carbocycles. The molecule has 5 N–H and O–H groups in total. The first-order valence-corrected chi connectivity index (χ1v) is 7.20. The number of carbonyl (C=O) groups excluding carboxylic acids is 1. The molecular formula is C9H11N6O7P. The van der Waals surface area contributed by atoms with E-state index in [4.69, 9.17) is 25.8 Å². The quantitative estimate of drug-likeness (QED) is 0.231. The first-order valence-electron chi connectivity index (χ1n) is 5.96. The molecule has 1 aliphatic rings. The number of hydrogen-bond acceptors (Lipinski definition) is 10. The standard InChI is InChI=1S/C9H11N6O7P/c10-3-1-2-15(8(17)12-3)6-5(16)4(13-14-11)7(21-6)22-9(18)23(19)20/h1-2,4-7,16,19-20H,(H2,10,12,17)/t4?,5-,6-,7-/m1/s1. The van der Waals surface area contributed by atoms with Gasteiger partial charge in [-0.1, -0.05) is 5.11 Å². The second-order valence-corrected chi connectivity index (χ2v) is 5.24. The van der Waals surface area contributed by atoms with Crippen LogP contribution >= 0.6 is 8.38 Å². The summed E-state index contributed by atoms with van der Waals surface area (Å²) < 4.78 is 10.6. The van der Waals surface area contributed by atoms with E-state index in [2.05, 4.69) is 19.7 Å². The normalized spacial score (nSPS) is 26.8. The van der Waals surface area contributed by atoms with Crippen LogP contribution in [-0.2, 0) is 9.47 Å². The van der Waals surface area contributed by atoms with Gasteiger partial charge in [0.15, 0.2) is 6.23 Å². The van der Waals surface area contributed by atoms with Gasteiger partial charge in [0.25, 0.3) is 8.38 Å². The average molecular weight is 346 g/mol. The van der Waals surface area contributed by atoms with Crippen molar-refractivity contribution in [2.45, 2.75) is 24.7 Å². The van der Waals surface area contributed by atoms with Crippen LogP contribution in [0.5, 0.6) is 0 Å². The Bertz CT molecular complexity index is 704. The molecule has 13 nitrogen and oxygen atoms in total. The molecule has 1 unspecified atom stereocenters. The summed E-state index contributed by atoms with van der Waals surface area (Å²) in [7, 11) is -3.05. The highest BCUT2D eigenvalue weighted by Gasteiger charge is 2.47. The van der Waals surface area contributed by atoms with Crippen LogP contribution in [0.4, 0.5) is 10.6 Å². The van der Waals surface area contributed by atoms with Crippen LogP contribution in [0.2, 0.25) is 0 Å². The maximum Gasteiger partial charge on any atom is 0.385 e. The number of azide groups is 1. The Morgan fingerprint density at radius 1 is 1.61 bits per heavy atom. The second kappa shape index (κ2) is 6.87. The van der Waals surface area contributed by atoms with E-state index in [9.17, 15) is 14.7 Å². The molecule has 1 fully saturated rings. The summed E-state index contributed by atoms with van der Waals surface area (Å²) in [6, 6.07) is -0.145. The molecular weight excluding hydrogens is 335 g/mol. The van der Waals surface area contributed by atoms with Crippen molar-refractivity contribution in [3.05, 3.63) is 33.2 Å². The fourth-order valence-corrected chi connectivity index (χ4v) is 2.10. The highest BCUT2D eigenvalue weighted by molar-refractivity contribution is 7.63. The van der Waals surface area contributed by atoms with E-state index in [-0.39, 0.29) is 5.82 Å². The number of hydrogen-bond donors (Lipinski definition) is 4. The molecule has 0 radical (unpaired) electrons. The van der Waals surface area contributed by atoms with Gasteiger partial charge in [0.2, 0.25) is 6.29 Å². The predicted molar refractivity (Wildman–Crippen MR) is 73.6 cm³/mol. The van der Waals surface area contributed by atoms with Crippen molar-refractivity contribution in [3.63, 3.8) is 0 Å². The summed E-state index contributed by atoms with van der Waals surface area (Å²) in [5.74, 6) is -0.0560. The fraction of sp³-hybridized carbons (Fsp3) is 0.444. The summed E-state index contributed by atoms with van der Waals surface area (Å²) in [6.07, 6.45) is -3.38. The zero-order valence-electron chi connectivity index (χ0n) is 11.2. The van der Waals surface area contributed by atoms with E-state index in [1.807, 2.05) is 0 Å². The molecule has 124 valence electrons. The molecule has 1 saturated heterocycles. The third-order valence-electron chi connectivity index (χ3n) is 2.89. The Balaban J connectivity index is 2.31. The number of carbonyl (C=O) groups is 1. The zero-order chi connectivity index (χ0) is 17.1. The van der Waals surface area contributed by atoms with Crippen LogP contribution < -0.4 is 11.4 Å². The minimum absolute atomic E-state index is 0.0560.